The van der Waals surface area contributed by atoms with Gasteiger partial charge >= 0.3 is 0 Å². The second-order valence-electron chi connectivity index (χ2n) is 9.01. The largest absolute Gasteiger partial charge is 0.376 e. The summed E-state index contributed by atoms with van der Waals surface area (Å²) in [6.45, 7) is 1.10. The molecule has 5 rings (SSSR count). The number of benzene rings is 2. The summed E-state index contributed by atoms with van der Waals surface area (Å²) in [5, 5.41) is 4.06. The van der Waals surface area contributed by atoms with Gasteiger partial charge in [-0.2, -0.15) is 0 Å². The lowest BCUT2D eigenvalue weighted by molar-refractivity contribution is 0.0935. The minimum Gasteiger partial charge on any atom is -0.376 e. The Labute approximate surface area is 201 Å². The fraction of sp³-hybridized carbons (Fsp3) is 0.423. The first-order chi connectivity index (χ1) is 16.6. The molecule has 1 saturated heterocycles. The van der Waals surface area contributed by atoms with Crippen molar-refractivity contribution in [3.63, 3.8) is 0 Å². The Morgan fingerprint density at radius 2 is 1.97 bits per heavy atom. The van der Waals surface area contributed by atoms with Gasteiger partial charge in [0.05, 0.1) is 23.6 Å². The molecule has 1 N–H and O–H groups in total. The number of nitrogens with one attached hydrogen (secondary N) is 1. The molecule has 1 aliphatic heterocycles. The van der Waals surface area contributed by atoms with Crippen LogP contribution in [0.3, 0.4) is 0 Å². The van der Waals surface area contributed by atoms with E-state index in [4.69, 9.17) is 9.72 Å². The molecule has 2 aromatic carbocycles. The van der Waals surface area contributed by atoms with Crippen molar-refractivity contribution >= 4 is 28.6 Å². The van der Waals surface area contributed by atoms with E-state index in [0.717, 1.165) is 38.5 Å². The number of fused-ring (bicyclic) bond motifs is 1. The maximum Gasteiger partial charge on any atom is 0.262 e. The maximum atomic E-state index is 14.2. The summed E-state index contributed by atoms with van der Waals surface area (Å²) < 4.78 is 21.6. The number of rotatable bonds is 7. The number of aromatic nitrogens is 2. The number of halogens is 1. The summed E-state index contributed by atoms with van der Waals surface area (Å²) >= 11 is 1.32. The van der Waals surface area contributed by atoms with E-state index in [1.54, 1.807) is 41.0 Å². The first kappa shape index (κ1) is 23.1. The van der Waals surface area contributed by atoms with Gasteiger partial charge in [0, 0.05) is 24.0 Å². The molecule has 2 aliphatic rings. The standard InChI is InChI=1S/C26H28FN3O3S/c27-22-10-4-1-6-18(22)16-34-26-29-23-14-17(24(31)28-19-7-2-3-8-19)11-12-21(23)25(32)30(26)15-20-9-5-13-33-20/h1,4,6,10-12,14,19-20H,2-3,5,7-9,13,15-16H2,(H,28,31)/t20-/m1/s1. The number of thioether (sulfide) groups is 1. The van der Waals surface area contributed by atoms with Gasteiger partial charge in [-0.15, -0.1) is 0 Å². The van der Waals surface area contributed by atoms with Crippen molar-refractivity contribution in [1.29, 1.82) is 0 Å². The number of hydrogen-bond acceptors (Lipinski definition) is 5. The van der Waals surface area contributed by atoms with Crippen LogP contribution in [0.15, 0.2) is 52.4 Å². The molecule has 1 saturated carbocycles. The third-order valence-corrected chi connectivity index (χ3v) is 7.62. The van der Waals surface area contributed by atoms with Crippen molar-refractivity contribution in [2.45, 2.75) is 68.1 Å². The molecule has 2 fully saturated rings. The van der Waals surface area contributed by atoms with Crippen LogP contribution >= 0.6 is 11.8 Å². The predicted molar refractivity (Wildman–Crippen MR) is 131 cm³/mol. The zero-order valence-corrected chi connectivity index (χ0v) is 19.8. The second-order valence-corrected chi connectivity index (χ2v) is 9.95. The van der Waals surface area contributed by atoms with E-state index in [1.807, 2.05) is 0 Å². The monoisotopic (exact) mass is 481 g/mol. The average Bonchev–Trinajstić information content (AvgIpc) is 3.55. The van der Waals surface area contributed by atoms with Crippen molar-refractivity contribution in [2.75, 3.05) is 6.61 Å². The van der Waals surface area contributed by atoms with Crippen molar-refractivity contribution in [3.8, 4) is 0 Å². The van der Waals surface area contributed by atoms with Gasteiger partial charge in [-0.25, -0.2) is 9.37 Å². The number of ether oxygens (including phenoxy) is 1. The highest BCUT2D eigenvalue weighted by atomic mass is 32.2. The zero-order chi connectivity index (χ0) is 23.5. The second kappa shape index (κ2) is 10.3. The fourth-order valence-corrected chi connectivity index (χ4v) is 5.70. The van der Waals surface area contributed by atoms with Gasteiger partial charge in [-0.05, 0) is 55.5 Å². The molecule has 1 aromatic heterocycles. The van der Waals surface area contributed by atoms with E-state index in [0.29, 0.717) is 46.1 Å². The summed E-state index contributed by atoms with van der Waals surface area (Å²) in [5.74, 6) is -0.0766. The lowest BCUT2D eigenvalue weighted by Gasteiger charge is -2.17. The minimum atomic E-state index is -0.283. The van der Waals surface area contributed by atoms with Crippen LogP contribution in [0.2, 0.25) is 0 Å². The molecule has 34 heavy (non-hydrogen) atoms. The van der Waals surface area contributed by atoms with E-state index in [1.165, 1.54) is 17.8 Å². The van der Waals surface area contributed by atoms with Crippen LogP contribution in [-0.4, -0.2) is 34.2 Å². The number of amides is 1. The first-order valence-corrected chi connectivity index (χ1v) is 12.9. The van der Waals surface area contributed by atoms with E-state index < -0.39 is 0 Å². The van der Waals surface area contributed by atoms with Crippen LogP contribution in [0.5, 0.6) is 0 Å². The maximum absolute atomic E-state index is 14.2. The quantitative estimate of drug-likeness (QED) is 0.392. The van der Waals surface area contributed by atoms with Gasteiger partial charge in [0.15, 0.2) is 5.16 Å². The number of nitrogens with zero attached hydrogens (tertiary/aromatic N) is 2. The zero-order valence-electron chi connectivity index (χ0n) is 19.0. The van der Waals surface area contributed by atoms with Crippen molar-refractivity contribution in [1.82, 2.24) is 14.9 Å². The molecule has 8 heteroatoms. The smallest absolute Gasteiger partial charge is 0.262 e. The summed E-state index contributed by atoms with van der Waals surface area (Å²) in [6.07, 6.45) is 6.10. The Morgan fingerprint density at radius 3 is 2.74 bits per heavy atom. The van der Waals surface area contributed by atoms with E-state index in [-0.39, 0.29) is 29.4 Å². The van der Waals surface area contributed by atoms with Crippen molar-refractivity contribution < 1.29 is 13.9 Å². The van der Waals surface area contributed by atoms with E-state index in [9.17, 15) is 14.0 Å². The highest BCUT2D eigenvalue weighted by molar-refractivity contribution is 7.98. The van der Waals surface area contributed by atoms with E-state index >= 15 is 0 Å². The fourth-order valence-electron chi connectivity index (χ4n) is 4.70. The van der Waals surface area contributed by atoms with Crippen LogP contribution in [-0.2, 0) is 17.0 Å². The summed E-state index contributed by atoms with van der Waals surface area (Å²) in [7, 11) is 0. The Morgan fingerprint density at radius 1 is 1.15 bits per heavy atom. The van der Waals surface area contributed by atoms with Gasteiger partial charge < -0.3 is 10.1 Å². The number of carbonyl (C=O) groups is 1. The molecule has 1 atom stereocenters. The Balaban J connectivity index is 1.48. The van der Waals surface area contributed by atoms with Gasteiger partial charge in [0.1, 0.15) is 5.82 Å². The molecule has 0 spiro atoms. The van der Waals surface area contributed by atoms with Crippen LogP contribution in [0.1, 0.15) is 54.4 Å². The highest BCUT2D eigenvalue weighted by Crippen LogP contribution is 2.26. The first-order valence-electron chi connectivity index (χ1n) is 11.9. The summed E-state index contributed by atoms with van der Waals surface area (Å²) in [5.41, 5.74) is 1.35. The third-order valence-electron chi connectivity index (χ3n) is 6.60. The minimum absolute atomic E-state index is 0.0405. The molecule has 2 heterocycles. The molecule has 0 bridgehead atoms. The summed E-state index contributed by atoms with van der Waals surface area (Å²) in [6, 6.07) is 11.9. The number of hydrogen-bond donors (Lipinski definition) is 1. The third kappa shape index (κ3) is 5.03. The molecule has 0 unspecified atom stereocenters. The highest BCUT2D eigenvalue weighted by Gasteiger charge is 2.22. The van der Waals surface area contributed by atoms with Crippen molar-refractivity contribution in [2.24, 2.45) is 0 Å². The summed E-state index contributed by atoms with van der Waals surface area (Å²) in [4.78, 5) is 31.0. The Hall–Kier alpha value is -2.71. The van der Waals surface area contributed by atoms with Crippen molar-refractivity contribution in [3.05, 3.63) is 69.8 Å². The predicted octanol–water partition coefficient (Wildman–Crippen LogP) is 4.68. The molecule has 0 radical (unpaired) electrons. The average molecular weight is 482 g/mol. The van der Waals surface area contributed by atoms with Gasteiger partial charge in [0.2, 0.25) is 0 Å². The Bertz CT molecular complexity index is 1250. The van der Waals surface area contributed by atoms with E-state index in [2.05, 4.69) is 5.32 Å². The Kier molecular flexibility index (Phi) is 6.97. The van der Waals surface area contributed by atoms with Crippen LogP contribution in [0.25, 0.3) is 10.9 Å². The van der Waals surface area contributed by atoms with Gasteiger partial charge in [-0.3, -0.25) is 14.2 Å². The van der Waals surface area contributed by atoms with Gasteiger partial charge in [-0.1, -0.05) is 42.8 Å². The van der Waals surface area contributed by atoms with Crippen LogP contribution < -0.4 is 10.9 Å². The topological polar surface area (TPSA) is 73.2 Å². The normalized spacial score (nSPS) is 18.6. The molecular formula is C26H28FN3O3S. The molecule has 1 aliphatic carbocycles. The lowest BCUT2D eigenvalue weighted by atomic mass is 10.1. The molecule has 6 nitrogen and oxygen atoms in total. The van der Waals surface area contributed by atoms with Crippen LogP contribution in [0.4, 0.5) is 4.39 Å². The molecular weight excluding hydrogens is 453 g/mol. The number of carbonyl (C=O) groups excluding carboxylic acids is 1. The molecule has 3 aromatic rings. The van der Waals surface area contributed by atoms with Gasteiger partial charge in [0.25, 0.3) is 11.5 Å². The van der Waals surface area contributed by atoms with Crippen LogP contribution in [0, 0.1) is 5.82 Å². The SMILES string of the molecule is O=C(NC1CCCC1)c1ccc2c(=O)n(C[C@H]3CCCO3)c(SCc3ccccc3F)nc2c1. The lowest BCUT2D eigenvalue weighted by Crippen LogP contribution is -2.32. The molecule has 1 amide bonds. The molecule has 178 valence electrons.